The van der Waals surface area contributed by atoms with Gasteiger partial charge in [-0.3, -0.25) is 86.9 Å². The number of aromatic hydroxyl groups is 1. The number of benzene rings is 4. The van der Waals surface area contributed by atoms with Crippen molar-refractivity contribution in [3.63, 3.8) is 0 Å². The Morgan fingerprint density at radius 1 is 0.533 bits per heavy atom. The zero-order valence-electron chi connectivity index (χ0n) is 79.6. The number of hydrogen-bond acceptors (Lipinski definition) is 22. The summed E-state index contributed by atoms with van der Waals surface area (Å²) in [6.07, 6.45) is 1.64. The minimum Gasteiger partial charge on any atom is -0.508 e. The maximum absolute atomic E-state index is 15.5. The molecule has 42 heteroatoms. The summed E-state index contributed by atoms with van der Waals surface area (Å²) >= 11 is 0.686. The lowest BCUT2D eigenvalue weighted by molar-refractivity contribution is -0.143. The number of aliphatic hydroxyl groups excluding tert-OH is 1. The maximum atomic E-state index is 15.5. The van der Waals surface area contributed by atoms with Gasteiger partial charge in [-0.05, 0) is 122 Å². The van der Waals surface area contributed by atoms with Crippen LogP contribution in [0.4, 0.5) is 0 Å². The number of carbonyl (C=O) groups is 17. The molecule has 26 N–H and O–H groups in total. The summed E-state index contributed by atoms with van der Waals surface area (Å²) in [6.45, 7) is 16.4. The predicted octanol–water partition coefficient (Wildman–Crippen LogP) is -0.0934. The lowest BCUT2D eigenvalue weighted by Gasteiger charge is -2.33. The van der Waals surface area contributed by atoms with E-state index < -0.39 is 252 Å². The van der Waals surface area contributed by atoms with Gasteiger partial charge < -0.3 is 122 Å². The van der Waals surface area contributed by atoms with Crippen LogP contribution in [0.2, 0.25) is 0 Å². The van der Waals surface area contributed by atoms with Crippen LogP contribution in [0, 0.1) is 35.0 Å². The first kappa shape index (κ1) is 111. The molecule has 1 aliphatic heterocycles. The average molecular weight is 1930 g/mol. The number of nitrogens with one attached hydrogen (secondary N) is 17. The van der Waals surface area contributed by atoms with Gasteiger partial charge in [-0.15, -0.1) is 11.8 Å². The van der Waals surface area contributed by atoms with E-state index >= 15 is 38.4 Å². The Morgan fingerprint density at radius 2 is 1.01 bits per heavy atom. The van der Waals surface area contributed by atoms with Crippen LogP contribution >= 0.6 is 11.8 Å². The second-order valence-electron chi connectivity index (χ2n) is 36.3. The van der Waals surface area contributed by atoms with Gasteiger partial charge in [-0.2, -0.15) is 0 Å². The van der Waals surface area contributed by atoms with Gasteiger partial charge in [-0.1, -0.05) is 179 Å². The molecule has 16 amide bonds. The van der Waals surface area contributed by atoms with Crippen LogP contribution in [0.3, 0.4) is 0 Å². The second-order valence-corrected chi connectivity index (χ2v) is 37.4. The number of carboxylic acid groups (broad SMARTS) is 1. The quantitative estimate of drug-likeness (QED) is 0.0195. The van der Waals surface area contributed by atoms with E-state index in [1.54, 1.807) is 98.0 Å². The number of H-pyrrole nitrogens is 1. The Balaban J connectivity index is 1.32. The predicted molar refractivity (Wildman–Crippen MR) is 513 cm³/mol. The summed E-state index contributed by atoms with van der Waals surface area (Å²) in [4.78, 5) is 253. The number of carbonyl (C=O) groups excluding carboxylic acids is 16. The topological polar surface area (TPSA) is 652 Å². The second kappa shape index (κ2) is 53.9. The Labute approximate surface area is 801 Å². The van der Waals surface area contributed by atoms with Crippen LogP contribution < -0.4 is 97.0 Å². The van der Waals surface area contributed by atoms with Crippen molar-refractivity contribution in [3.05, 3.63) is 126 Å². The van der Waals surface area contributed by atoms with E-state index in [4.69, 9.17) is 22.6 Å². The summed E-state index contributed by atoms with van der Waals surface area (Å²) in [7, 11) is 1.32. The molecule has 41 nitrogen and oxygen atoms in total. The van der Waals surface area contributed by atoms with Gasteiger partial charge >= 0.3 is 5.97 Å². The van der Waals surface area contributed by atoms with Crippen molar-refractivity contribution in [3.8, 4) is 16.9 Å². The molecule has 0 unspecified atom stereocenters. The number of thioether (sulfide) groups is 1. The van der Waals surface area contributed by atoms with Crippen molar-refractivity contribution in [2.45, 2.75) is 263 Å². The molecule has 1 saturated heterocycles. The number of fused-ring (bicyclic) bond motifs is 1. The van der Waals surface area contributed by atoms with E-state index in [0.29, 0.717) is 46.6 Å². The Kier molecular flexibility index (Phi) is 43.6. The Bertz CT molecular complexity index is 5020. The van der Waals surface area contributed by atoms with E-state index in [0.717, 1.165) is 42.2 Å². The fourth-order valence-electron chi connectivity index (χ4n) is 15.8. The summed E-state index contributed by atoms with van der Waals surface area (Å²) in [5.41, 5.74) is 20.8. The maximum Gasteiger partial charge on any atom is 0.305 e. The first-order valence-corrected chi connectivity index (χ1v) is 47.6. The number of aliphatic carboxylic acids is 1. The molecule has 748 valence electrons. The molecule has 1 aliphatic carbocycles. The number of phenols is 1. The number of primary amides is 1. The van der Waals surface area contributed by atoms with Crippen LogP contribution in [-0.4, -0.2) is 260 Å². The molecule has 17 atom stereocenters. The van der Waals surface area contributed by atoms with Crippen molar-refractivity contribution in [2.24, 2.45) is 46.8 Å². The van der Waals surface area contributed by atoms with Crippen molar-refractivity contribution < 1.29 is 96.8 Å². The molecule has 0 radical (unpaired) electrons. The normalized spacial score (nSPS) is 24.5. The summed E-state index contributed by atoms with van der Waals surface area (Å²) in [6, 6.07) is 4.80. The number of phenolic OH excluding ortho intramolecular Hbond substituents is 1. The highest BCUT2D eigenvalue weighted by molar-refractivity contribution is 8.00. The number of nitrogens with two attached hydrogens (primary N) is 3. The zero-order chi connectivity index (χ0) is 101. The Hall–Kier alpha value is -13.2. The SMILES string of the molecule is CC[C@H](C)[C@@H]1NC(=O)[C@H](Cc2ccc(-c3ccccc3)cc2)NC(=O)[C@H](C(C)C)NC(=O)[C@H](Cc2c[nH]c3ccccc23)NC(=O)[C@H](CC(=O)O)NC(=O)[C@H](Cc2ccc(O)cc2)NC(=O)[C@H](CN)NC(=O)CSC[C@@H](C(=O)N[C@@H](C)C(N)=O)NC(=O)[C@H]([C@@H](C)O)NC(=O)[C@H](C(C)C)NC(=O)[C@H](CC2CCCCC2)NC(=O)[C@H](CCCNC(=N)N)NC(=O)[C@@H](CC(C)C)NC(=O)[C@H](C)N(C)C1=O. The van der Waals surface area contributed by atoms with Gasteiger partial charge in [0.15, 0.2) is 5.96 Å². The first-order chi connectivity index (χ1) is 64.9. The van der Waals surface area contributed by atoms with Gasteiger partial charge in [0.1, 0.15) is 96.4 Å². The van der Waals surface area contributed by atoms with Gasteiger partial charge in [0.25, 0.3) is 0 Å². The number of aliphatic hydroxyl groups is 1. The van der Waals surface area contributed by atoms with E-state index in [9.17, 15) is 58.5 Å². The highest BCUT2D eigenvalue weighted by Gasteiger charge is 2.43. The molecule has 137 heavy (non-hydrogen) atoms. The molecule has 2 heterocycles. The van der Waals surface area contributed by atoms with Crippen LogP contribution in [0.25, 0.3) is 22.0 Å². The number of amides is 16. The van der Waals surface area contributed by atoms with E-state index in [1.165, 1.54) is 45.2 Å². The van der Waals surface area contributed by atoms with Crippen LogP contribution in [0.1, 0.15) is 163 Å². The van der Waals surface area contributed by atoms with Gasteiger partial charge in [0.05, 0.1) is 18.3 Å². The number of aromatic amines is 1. The molecule has 2 fully saturated rings. The Morgan fingerprint density at radius 3 is 1.57 bits per heavy atom. The lowest BCUT2D eigenvalue weighted by Crippen LogP contribution is -2.63. The van der Waals surface area contributed by atoms with Gasteiger partial charge in [-0.25, -0.2) is 0 Å². The molecule has 0 bridgehead atoms. The molecule has 1 saturated carbocycles. The van der Waals surface area contributed by atoms with E-state index in [1.807, 2.05) is 42.5 Å². The number of para-hydroxylation sites is 1. The molecule has 5 aromatic rings. The summed E-state index contributed by atoms with van der Waals surface area (Å²) in [5.74, 6) is -22.0. The van der Waals surface area contributed by atoms with E-state index in [-0.39, 0.29) is 74.6 Å². The monoisotopic (exact) mass is 1920 g/mol. The number of hydrogen-bond donors (Lipinski definition) is 23. The highest BCUT2D eigenvalue weighted by atomic mass is 32.2. The minimum absolute atomic E-state index is 0.0322. The molecule has 1 aromatic heterocycles. The molecule has 2 aliphatic rings. The van der Waals surface area contributed by atoms with Gasteiger partial charge in [0.2, 0.25) is 94.5 Å². The fraction of sp³-hybridized carbons (Fsp3) is 0.537. The number of nitrogens with zero attached hydrogens (tertiary/aromatic N) is 1. The van der Waals surface area contributed by atoms with Gasteiger partial charge in [0, 0.05) is 62.3 Å². The fourth-order valence-corrected chi connectivity index (χ4v) is 16.7. The van der Waals surface area contributed by atoms with Crippen LogP contribution in [0.15, 0.2) is 109 Å². The standard InChI is InChI=1S/C95H137N21O20S/c1-13-52(8)78-94(136)116(12)54(10)81(123)105-66(39-49(2)3)83(125)104-65(29-22-38-100-95(98)99)82(124)106-68(40-56-23-16-14-17-24-56)86(128)113-77(51(6)7)92(134)115-79(55(11)117)93(135)111-73(90(132)102-53(9)80(97)122)47-137-48-74(119)103-72(45-96)89(131)107-67(42-58-32-36-62(118)37-33-58)84(126)109-71(44-75(120)121)85(127)108-70(43-61-46-101-64-28-21-20-27-63(61)64)88(130)112-76(50(4)5)91(133)110-69(87(129)114-78)41-57-30-34-60(35-31-57)59-25-18-15-19-26-59/h15,18-21,25-28,30-37,46,49-56,65-73,76-79,101,117-118H,13-14,16-17,22-24,29,38-45,47-48,96H2,1-12H3,(H2,97,122)(H,102,132)(H,103,119)(H,104,125)(H,105,123)(H,106,124)(H,107,131)(H,108,127)(H,109,126)(H,110,133)(H,111,135)(H,112,130)(H,113,128)(H,114,129)(H,115,134)(H,120,121)(H4,98,99,100)/t52-,53-,54-,55+,65-,66+,67-,68-,69-,70-,71-,72-,73-,76-,77-,78-,79-/m0/s1. The van der Waals surface area contributed by atoms with Crippen molar-refractivity contribution in [2.75, 3.05) is 31.6 Å². The number of guanidine groups is 1. The molecule has 0 spiro atoms. The highest BCUT2D eigenvalue weighted by Crippen LogP contribution is 2.29. The third kappa shape index (κ3) is 34.5. The molecular weight excluding hydrogens is 1790 g/mol. The average Bonchev–Trinajstić information content (AvgIpc) is 1.73. The van der Waals surface area contributed by atoms with Crippen molar-refractivity contribution in [1.29, 1.82) is 5.41 Å². The number of aromatic nitrogens is 1. The summed E-state index contributed by atoms with van der Waals surface area (Å²) in [5, 5.41) is 79.8. The minimum atomic E-state index is -2.06. The largest absolute Gasteiger partial charge is 0.508 e. The van der Waals surface area contributed by atoms with Crippen molar-refractivity contribution in [1.82, 2.24) is 89.6 Å². The smallest absolute Gasteiger partial charge is 0.305 e. The van der Waals surface area contributed by atoms with E-state index in [2.05, 4.69) is 84.7 Å². The molecular formula is C95H137N21O20S. The molecule has 7 rings (SSSR count). The first-order valence-electron chi connectivity index (χ1n) is 46.4. The van der Waals surface area contributed by atoms with Crippen LogP contribution in [-0.2, 0) is 101 Å². The van der Waals surface area contributed by atoms with Crippen LogP contribution in [0.5, 0.6) is 5.75 Å². The number of carboxylic acids is 1. The van der Waals surface area contributed by atoms with Crippen molar-refractivity contribution >= 4 is 129 Å². The molecule has 4 aromatic carbocycles. The number of likely N-dealkylation sites (N-methyl/N-ethyl adjacent to an activating group) is 1. The third-order valence-corrected chi connectivity index (χ3v) is 25.3. The lowest BCUT2D eigenvalue weighted by atomic mass is 9.84. The summed E-state index contributed by atoms with van der Waals surface area (Å²) < 4.78 is 0. The zero-order valence-corrected chi connectivity index (χ0v) is 80.4. The third-order valence-electron chi connectivity index (χ3n) is 24.2. The number of rotatable bonds is 26.